The molecule has 3 heterocycles. The van der Waals surface area contributed by atoms with E-state index in [1.807, 2.05) is 43.5 Å². The molecule has 2 aliphatic rings. The number of aliphatic hydroxyl groups excluding tert-OH is 1. The fourth-order valence-electron chi connectivity index (χ4n) is 5.54. The SMILES string of the molecule is Cc1oncc1S(=O)(=O)NC[C@H](O)Cn1c(C(C)(C)C)cc2cc(NC(=O)C3(c4ccc5c(c4)OC(F)(F)O5)CC3)ccc21.[HH].[HH].[HH]. The molecule has 14 heteroatoms. The molecule has 2 aromatic carbocycles. The Morgan fingerprint density at radius 3 is 2.52 bits per heavy atom. The van der Waals surface area contributed by atoms with Crippen LogP contribution in [0.15, 0.2) is 58.1 Å². The summed E-state index contributed by atoms with van der Waals surface area (Å²) in [7, 11) is -3.92. The predicted octanol–water partition coefficient (Wildman–Crippen LogP) is 5.30. The molecule has 0 unspecified atom stereocenters. The van der Waals surface area contributed by atoms with Crippen LogP contribution in [0.2, 0.25) is 0 Å². The van der Waals surface area contributed by atoms with E-state index in [9.17, 15) is 27.1 Å². The fourth-order valence-corrected chi connectivity index (χ4v) is 6.71. The van der Waals surface area contributed by atoms with Crippen molar-refractivity contribution in [2.45, 2.75) is 75.2 Å². The highest BCUT2D eigenvalue weighted by Gasteiger charge is 2.52. The summed E-state index contributed by atoms with van der Waals surface area (Å²) >= 11 is 0. The zero-order chi connectivity index (χ0) is 31.7. The molecule has 2 aromatic heterocycles. The predicted molar refractivity (Wildman–Crippen MR) is 162 cm³/mol. The molecular weight excluding hydrogens is 598 g/mol. The first-order chi connectivity index (χ1) is 20.6. The fraction of sp³-hybridized carbons (Fsp3) is 0.400. The van der Waals surface area contributed by atoms with E-state index in [0.29, 0.717) is 24.1 Å². The number of ether oxygens (including phenoxy) is 2. The number of hydrogen-bond acceptors (Lipinski definition) is 8. The van der Waals surface area contributed by atoms with Crippen LogP contribution in [-0.2, 0) is 32.2 Å². The molecule has 44 heavy (non-hydrogen) atoms. The summed E-state index contributed by atoms with van der Waals surface area (Å²) in [6.45, 7) is 7.46. The van der Waals surface area contributed by atoms with Gasteiger partial charge in [-0.25, -0.2) is 13.1 Å². The number of sulfonamides is 1. The summed E-state index contributed by atoms with van der Waals surface area (Å²) in [4.78, 5) is 13.4. The topological polar surface area (TPSA) is 145 Å². The molecule has 1 saturated carbocycles. The average Bonchev–Trinajstić information content (AvgIpc) is 3.34. The monoisotopic (exact) mass is 636 g/mol. The number of amides is 1. The lowest BCUT2D eigenvalue weighted by Crippen LogP contribution is -2.35. The van der Waals surface area contributed by atoms with Crippen molar-refractivity contribution in [3.63, 3.8) is 0 Å². The van der Waals surface area contributed by atoms with Crippen LogP contribution in [0.3, 0.4) is 0 Å². The van der Waals surface area contributed by atoms with E-state index < -0.39 is 27.8 Å². The van der Waals surface area contributed by atoms with Crippen molar-refractivity contribution in [3.05, 3.63) is 65.7 Å². The standard InChI is InChI=1S/C30H32F2N4O7S.3H2/c1-17-25(15-33-43-17)44(39,40)34-14-21(37)16-36-22-7-6-20(11-18(22)12-26(36)28(2,3)4)35-27(38)29(9-10-29)19-5-8-23-24(13-19)42-30(31,32)41-23;;;/h5-8,11-13,15,21,34,37H,9-10,14,16H2,1-4H3,(H,35,38);3*1H/t21-;;;/m0.../s1. The van der Waals surface area contributed by atoms with Gasteiger partial charge in [-0.3, -0.25) is 4.79 Å². The van der Waals surface area contributed by atoms with Crippen LogP contribution in [0, 0.1) is 6.92 Å². The lowest BCUT2D eigenvalue weighted by atomic mass is 9.92. The third kappa shape index (κ3) is 5.53. The number of aromatic nitrogens is 2. The molecule has 3 N–H and O–H groups in total. The number of anilines is 1. The van der Waals surface area contributed by atoms with Gasteiger partial charge in [0.05, 0.1) is 24.3 Å². The number of hydrogen-bond donors (Lipinski definition) is 3. The second kappa shape index (κ2) is 10.3. The van der Waals surface area contributed by atoms with Crippen molar-refractivity contribution in [2.75, 3.05) is 11.9 Å². The Morgan fingerprint density at radius 1 is 1.14 bits per heavy atom. The quantitative estimate of drug-likeness (QED) is 0.224. The van der Waals surface area contributed by atoms with Gasteiger partial charge in [0.1, 0.15) is 4.90 Å². The first-order valence-corrected chi connectivity index (χ1v) is 15.5. The third-order valence-electron chi connectivity index (χ3n) is 7.96. The van der Waals surface area contributed by atoms with Crippen molar-refractivity contribution >= 4 is 32.5 Å². The maximum absolute atomic E-state index is 13.5. The summed E-state index contributed by atoms with van der Waals surface area (Å²) in [5.41, 5.74) is 1.63. The van der Waals surface area contributed by atoms with Crippen molar-refractivity contribution in [1.29, 1.82) is 0 Å². The smallest absolute Gasteiger partial charge is 0.395 e. The van der Waals surface area contributed by atoms with Crippen LogP contribution in [0.25, 0.3) is 10.9 Å². The molecular formula is C30H38F2N4O7S. The number of halogens is 2. The van der Waals surface area contributed by atoms with Crippen LogP contribution >= 0.6 is 0 Å². The van der Waals surface area contributed by atoms with Crippen LogP contribution < -0.4 is 19.5 Å². The second-order valence-corrected chi connectivity index (χ2v) is 14.0. The maximum Gasteiger partial charge on any atom is 0.586 e. The van der Waals surface area contributed by atoms with Crippen LogP contribution in [0.4, 0.5) is 14.5 Å². The van der Waals surface area contributed by atoms with Gasteiger partial charge in [0, 0.05) is 38.5 Å². The molecule has 1 amide bonds. The number of nitrogens with one attached hydrogen (secondary N) is 2. The van der Waals surface area contributed by atoms with E-state index >= 15 is 0 Å². The molecule has 1 fully saturated rings. The van der Waals surface area contributed by atoms with Crippen molar-refractivity contribution in [2.24, 2.45) is 0 Å². The minimum Gasteiger partial charge on any atom is -0.395 e. The number of fused-ring (bicyclic) bond motifs is 2. The van der Waals surface area contributed by atoms with Gasteiger partial charge in [0.15, 0.2) is 17.3 Å². The molecule has 0 saturated heterocycles. The van der Waals surface area contributed by atoms with Crippen LogP contribution in [0.1, 0.15) is 54.9 Å². The maximum atomic E-state index is 13.5. The van der Waals surface area contributed by atoms with Gasteiger partial charge in [-0.15, -0.1) is 8.78 Å². The summed E-state index contributed by atoms with van der Waals surface area (Å²) in [5.74, 6) is -0.293. The highest BCUT2D eigenvalue weighted by Crippen LogP contribution is 2.52. The van der Waals surface area contributed by atoms with Gasteiger partial charge in [0.2, 0.25) is 15.9 Å². The number of carbonyl (C=O) groups excluding carboxylic acids is 1. The van der Waals surface area contributed by atoms with E-state index in [1.165, 1.54) is 19.1 Å². The minimum atomic E-state index is -3.92. The summed E-state index contributed by atoms with van der Waals surface area (Å²) in [6.07, 6.45) is -2.57. The van der Waals surface area contributed by atoms with E-state index in [1.54, 1.807) is 12.1 Å². The molecule has 0 spiro atoms. The third-order valence-corrected chi connectivity index (χ3v) is 9.48. The lowest BCUT2D eigenvalue weighted by molar-refractivity contribution is -0.286. The van der Waals surface area contributed by atoms with Gasteiger partial charge >= 0.3 is 6.29 Å². The number of nitrogens with zero attached hydrogens (tertiary/aromatic N) is 2. The molecule has 0 radical (unpaired) electrons. The molecule has 1 atom stereocenters. The van der Waals surface area contributed by atoms with Crippen LogP contribution in [0.5, 0.6) is 11.5 Å². The molecule has 11 nitrogen and oxygen atoms in total. The Kier molecular flexibility index (Phi) is 7.02. The summed E-state index contributed by atoms with van der Waals surface area (Å²) in [5, 5.41) is 18.2. The first-order valence-electron chi connectivity index (χ1n) is 14.0. The second-order valence-electron chi connectivity index (χ2n) is 12.3. The number of benzene rings is 2. The zero-order valence-corrected chi connectivity index (χ0v) is 25.3. The van der Waals surface area contributed by atoms with Gasteiger partial charge in [-0.1, -0.05) is 32.0 Å². The number of carbonyl (C=O) groups is 1. The lowest BCUT2D eigenvalue weighted by Gasteiger charge is -2.24. The highest BCUT2D eigenvalue weighted by atomic mass is 32.2. The minimum absolute atomic E-state index is 0. The molecule has 240 valence electrons. The average molecular weight is 637 g/mol. The first kappa shape index (κ1) is 30.0. The van der Waals surface area contributed by atoms with E-state index in [-0.39, 0.29) is 50.8 Å². The number of aryl methyl sites for hydroxylation is 1. The van der Waals surface area contributed by atoms with E-state index in [0.717, 1.165) is 22.8 Å². The highest BCUT2D eigenvalue weighted by molar-refractivity contribution is 7.89. The molecule has 4 aromatic rings. The Balaban J connectivity index is 0.00000200. The summed E-state index contributed by atoms with van der Waals surface area (Å²) < 4.78 is 70.5. The molecule has 1 aliphatic carbocycles. The van der Waals surface area contributed by atoms with Gasteiger partial charge in [0.25, 0.3) is 0 Å². The van der Waals surface area contributed by atoms with Crippen molar-refractivity contribution < 1.29 is 45.4 Å². The Hall–Kier alpha value is -4.01. The van der Waals surface area contributed by atoms with Gasteiger partial charge in [-0.2, -0.15) is 0 Å². The zero-order valence-electron chi connectivity index (χ0n) is 24.5. The van der Waals surface area contributed by atoms with E-state index in [4.69, 9.17) is 4.52 Å². The molecule has 0 bridgehead atoms. The Bertz CT molecular complexity index is 1890. The largest absolute Gasteiger partial charge is 0.586 e. The van der Waals surface area contributed by atoms with Crippen molar-refractivity contribution in [1.82, 2.24) is 14.4 Å². The number of rotatable bonds is 9. The van der Waals surface area contributed by atoms with Gasteiger partial charge < -0.3 is 29.0 Å². The summed E-state index contributed by atoms with van der Waals surface area (Å²) in [6, 6.07) is 11.8. The van der Waals surface area contributed by atoms with Crippen LogP contribution in [-0.4, -0.2) is 48.1 Å². The van der Waals surface area contributed by atoms with E-state index in [2.05, 4.69) is 24.7 Å². The Labute approximate surface area is 256 Å². The molecule has 1 aliphatic heterocycles. The van der Waals surface area contributed by atoms with Crippen molar-refractivity contribution in [3.8, 4) is 11.5 Å². The number of aliphatic hydroxyl groups is 1. The normalized spacial score (nSPS) is 17.5. The van der Waals surface area contributed by atoms with Gasteiger partial charge in [-0.05, 0) is 61.7 Å². The number of alkyl halides is 2. The Morgan fingerprint density at radius 2 is 1.86 bits per heavy atom. The molecule has 6 rings (SSSR count).